The minimum absolute atomic E-state index is 0.0246. The predicted octanol–water partition coefficient (Wildman–Crippen LogP) is 3.59. The molecule has 17 heavy (non-hydrogen) atoms. The molecule has 0 spiro atoms. The highest BCUT2D eigenvalue weighted by molar-refractivity contribution is 6.18. The van der Waals surface area contributed by atoms with Crippen LogP contribution in [-0.2, 0) is 4.79 Å². The van der Waals surface area contributed by atoms with Crippen LogP contribution in [0.4, 0.5) is 13.2 Å². The Morgan fingerprint density at radius 2 is 1.88 bits per heavy atom. The van der Waals surface area contributed by atoms with Gasteiger partial charge in [-0.2, -0.15) is 13.2 Å². The molecule has 0 N–H and O–H groups in total. The first-order valence-electron chi connectivity index (χ1n) is 5.81. The van der Waals surface area contributed by atoms with Crippen LogP contribution in [-0.4, -0.2) is 36.0 Å². The Morgan fingerprint density at radius 3 is 2.35 bits per heavy atom. The van der Waals surface area contributed by atoms with Gasteiger partial charge in [-0.15, -0.1) is 11.6 Å². The van der Waals surface area contributed by atoms with Gasteiger partial charge in [-0.05, 0) is 6.42 Å². The summed E-state index contributed by atoms with van der Waals surface area (Å²) >= 11 is 5.39. The SMILES string of the molecule is CCCCCCC(=O)N(CCCl)CC(F)(F)F. The molecule has 0 atom stereocenters. The first-order chi connectivity index (χ1) is 7.90. The van der Waals surface area contributed by atoms with Gasteiger partial charge < -0.3 is 4.90 Å². The number of halogens is 4. The number of hydrogen-bond donors (Lipinski definition) is 0. The van der Waals surface area contributed by atoms with Crippen LogP contribution in [0.1, 0.15) is 39.0 Å². The third-order valence-electron chi connectivity index (χ3n) is 2.32. The van der Waals surface area contributed by atoms with Crippen molar-refractivity contribution in [2.45, 2.75) is 45.2 Å². The molecule has 0 fully saturated rings. The standard InChI is InChI=1S/C11H19ClF3NO/c1-2-3-4-5-6-10(17)16(8-7-12)9-11(13,14)15/h2-9H2,1H3. The molecule has 0 rings (SSSR count). The van der Waals surface area contributed by atoms with Crippen molar-refractivity contribution >= 4 is 17.5 Å². The van der Waals surface area contributed by atoms with Gasteiger partial charge in [-0.1, -0.05) is 26.2 Å². The van der Waals surface area contributed by atoms with Crippen LogP contribution in [0.3, 0.4) is 0 Å². The van der Waals surface area contributed by atoms with E-state index in [1.54, 1.807) is 0 Å². The third kappa shape index (κ3) is 9.27. The summed E-state index contributed by atoms with van der Waals surface area (Å²) in [7, 11) is 0. The van der Waals surface area contributed by atoms with E-state index in [0.717, 1.165) is 24.2 Å². The maximum atomic E-state index is 12.2. The largest absolute Gasteiger partial charge is 0.406 e. The van der Waals surface area contributed by atoms with Crippen molar-refractivity contribution in [3.05, 3.63) is 0 Å². The molecular formula is C11H19ClF3NO. The number of unbranched alkanes of at least 4 members (excludes halogenated alkanes) is 3. The van der Waals surface area contributed by atoms with Crippen LogP contribution >= 0.6 is 11.6 Å². The minimum Gasteiger partial charge on any atom is -0.332 e. The number of amides is 1. The van der Waals surface area contributed by atoms with E-state index in [1.807, 2.05) is 6.92 Å². The molecule has 2 nitrogen and oxygen atoms in total. The fourth-order valence-corrected chi connectivity index (χ4v) is 1.68. The van der Waals surface area contributed by atoms with Gasteiger partial charge in [0.1, 0.15) is 6.54 Å². The molecule has 6 heteroatoms. The summed E-state index contributed by atoms with van der Waals surface area (Å²) in [5.41, 5.74) is 0. The summed E-state index contributed by atoms with van der Waals surface area (Å²) in [6, 6.07) is 0. The van der Waals surface area contributed by atoms with Gasteiger partial charge in [0.15, 0.2) is 0 Å². The van der Waals surface area contributed by atoms with E-state index in [0.29, 0.717) is 6.42 Å². The Labute approximate surface area is 105 Å². The molecule has 102 valence electrons. The summed E-state index contributed by atoms with van der Waals surface area (Å²) in [5, 5.41) is 0. The maximum Gasteiger partial charge on any atom is 0.406 e. The van der Waals surface area contributed by atoms with Crippen molar-refractivity contribution in [3.8, 4) is 0 Å². The molecular weight excluding hydrogens is 255 g/mol. The molecule has 0 aliphatic carbocycles. The second kappa shape index (κ2) is 8.61. The number of alkyl halides is 4. The second-order valence-corrected chi connectivity index (χ2v) is 4.31. The van der Waals surface area contributed by atoms with Crippen molar-refractivity contribution in [1.82, 2.24) is 4.90 Å². The Hall–Kier alpha value is -0.450. The Morgan fingerprint density at radius 1 is 1.24 bits per heavy atom. The molecule has 1 amide bonds. The third-order valence-corrected chi connectivity index (χ3v) is 2.49. The van der Waals surface area contributed by atoms with Crippen LogP contribution in [0, 0.1) is 0 Å². The molecule has 0 aromatic rings. The zero-order chi connectivity index (χ0) is 13.3. The highest BCUT2D eigenvalue weighted by Crippen LogP contribution is 2.17. The lowest BCUT2D eigenvalue weighted by Crippen LogP contribution is -2.40. The predicted molar refractivity (Wildman–Crippen MR) is 62.1 cm³/mol. The quantitative estimate of drug-likeness (QED) is 0.489. The van der Waals surface area contributed by atoms with Gasteiger partial charge in [0.25, 0.3) is 0 Å². The van der Waals surface area contributed by atoms with E-state index in [4.69, 9.17) is 11.6 Å². The lowest BCUT2D eigenvalue weighted by Gasteiger charge is -2.23. The monoisotopic (exact) mass is 273 g/mol. The Bertz CT molecular complexity index is 221. The van der Waals surface area contributed by atoms with Crippen LogP contribution in [0.15, 0.2) is 0 Å². The molecule has 0 unspecified atom stereocenters. The average molecular weight is 274 g/mol. The maximum absolute atomic E-state index is 12.2. The highest BCUT2D eigenvalue weighted by atomic mass is 35.5. The summed E-state index contributed by atoms with van der Waals surface area (Å²) < 4.78 is 36.6. The van der Waals surface area contributed by atoms with Crippen molar-refractivity contribution in [2.24, 2.45) is 0 Å². The molecule has 0 radical (unpaired) electrons. The summed E-state index contributed by atoms with van der Waals surface area (Å²) in [5.74, 6) is -0.435. The summed E-state index contributed by atoms with van der Waals surface area (Å²) in [6.07, 6.45) is -0.630. The topological polar surface area (TPSA) is 20.3 Å². The van der Waals surface area contributed by atoms with Crippen LogP contribution in [0.2, 0.25) is 0 Å². The number of rotatable bonds is 8. The van der Waals surface area contributed by atoms with E-state index in [2.05, 4.69) is 0 Å². The molecule has 0 aliphatic rings. The summed E-state index contributed by atoms with van der Waals surface area (Å²) in [6.45, 7) is 0.783. The van der Waals surface area contributed by atoms with Crippen molar-refractivity contribution in [1.29, 1.82) is 0 Å². The number of nitrogens with zero attached hydrogens (tertiary/aromatic N) is 1. The normalized spacial score (nSPS) is 11.6. The number of carbonyl (C=O) groups is 1. The van der Waals surface area contributed by atoms with Gasteiger partial charge in [-0.25, -0.2) is 0 Å². The van der Waals surface area contributed by atoms with E-state index in [-0.39, 0.29) is 18.8 Å². The van der Waals surface area contributed by atoms with Crippen molar-refractivity contribution in [3.63, 3.8) is 0 Å². The zero-order valence-corrected chi connectivity index (χ0v) is 10.8. The lowest BCUT2D eigenvalue weighted by molar-refractivity contribution is -0.160. The van der Waals surface area contributed by atoms with Gasteiger partial charge in [0.2, 0.25) is 5.91 Å². The first-order valence-corrected chi connectivity index (χ1v) is 6.34. The number of hydrogen-bond acceptors (Lipinski definition) is 1. The fourth-order valence-electron chi connectivity index (χ4n) is 1.47. The highest BCUT2D eigenvalue weighted by Gasteiger charge is 2.32. The molecule has 0 saturated heterocycles. The van der Waals surface area contributed by atoms with Crippen molar-refractivity contribution in [2.75, 3.05) is 19.0 Å². The fraction of sp³-hybridized carbons (Fsp3) is 0.909. The lowest BCUT2D eigenvalue weighted by atomic mass is 10.1. The Kier molecular flexibility index (Phi) is 8.39. The van der Waals surface area contributed by atoms with Gasteiger partial charge in [-0.3, -0.25) is 4.79 Å². The van der Waals surface area contributed by atoms with Gasteiger partial charge >= 0.3 is 6.18 Å². The van der Waals surface area contributed by atoms with E-state index in [9.17, 15) is 18.0 Å². The minimum atomic E-state index is -4.36. The molecule has 0 heterocycles. The zero-order valence-electron chi connectivity index (χ0n) is 10.0. The van der Waals surface area contributed by atoms with E-state index >= 15 is 0 Å². The Balaban J connectivity index is 4.06. The molecule has 0 saturated carbocycles. The van der Waals surface area contributed by atoms with Crippen LogP contribution in [0.25, 0.3) is 0 Å². The molecule has 0 aliphatic heterocycles. The first kappa shape index (κ1) is 16.6. The second-order valence-electron chi connectivity index (χ2n) is 3.93. The molecule has 0 aromatic carbocycles. The van der Waals surface area contributed by atoms with E-state index in [1.165, 1.54) is 0 Å². The number of carbonyl (C=O) groups excluding carboxylic acids is 1. The van der Waals surface area contributed by atoms with Gasteiger partial charge in [0.05, 0.1) is 0 Å². The summed E-state index contributed by atoms with van der Waals surface area (Å²) in [4.78, 5) is 12.3. The van der Waals surface area contributed by atoms with Crippen LogP contribution in [0.5, 0.6) is 0 Å². The van der Waals surface area contributed by atoms with Crippen LogP contribution < -0.4 is 0 Å². The van der Waals surface area contributed by atoms with Crippen molar-refractivity contribution < 1.29 is 18.0 Å². The molecule has 0 aromatic heterocycles. The molecule has 0 bridgehead atoms. The van der Waals surface area contributed by atoms with Gasteiger partial charge in [0, 0.05) is 18.8 Å². The van der Waals surface area contributed by atoms with E-state index < -0.39 is 18.6 Å². The smallest absolute Gasteiger partial charge is 0.332 e. The average Bonchev–Trinajstić information content (AvgIpc) is 2.21.